The van der Waals surface area contributed by atoms with Crippen molar-refractivity contribution in [1.29, 1.82) is 0 Å². The molecule has 0 N–H and O–H groups in total. The first-order valence-electron chi connectivity index (χ1n) is 4.76. The summed E-state index contributed by atoms with van der Waals surface area (Å²) in [7, 11) is 0. The molecule has 92 valence electrons. The first-order valence-corrected chi connectivity index (χ1v) is 4.76. The van der Waals surface area contributed by atoms with E-state index in [1.54, 1.807) is 6.92 Å². The van der Waals surface area contributed by atoms with E-state index in [9.17, 15) is 4.79 Å². The van der Waals surface area contributed by atoms with Crippen LogP contribution in [0.4, 0.5) is 0 Å². The summed E-state index contributed by atoms with van der Waals surface area (Å²) < 4.78 is 4.33. The number of carbonyl (C=O) groups is 1. The van der Waals surface area contributed by atoms with Gasteiger partial charge in [0.05, 0.1) is 6.61 Å². The fourth-order valence-electron chi connectivity index (χ4n) is 0.816. The van der Waals surface area contributed by atoms with Gasteiger partial charge in [0, 0.05) is 0 Å². The first kappa shape index (κ1) is 17.2. The van der Waals surface area contributed by atoms with Crippen molar-refractivity contribution in [2.24, 2.45) is 0 Å². The Balaban J connectivity index is 0. The van der Waals surface area contributed by atoms with Crippen LogP contribution in [0.25, 0.3) is 11.6 Å². The Labute approximate surface area is 102 Å². The molecule has 0 heterocycles. The quantitative estimate of drug-likeness (QED) is 0.349. The predicted octanol–water partition coefficient (Wildman–Crippen LogP) is 2.82. The molecule has 0 unspecified atom stereocenters. The number of carbonyl (C=O) groups excluding carboxylic acids is 1. The summed E-state index contributed by atoms with van der Waals surface area (Å²) in [4.78, 5) is 12.6. The van der Waals surface area contributed by atoms with Gasteiger partial charge in [-0.05, 0) is 12.5 Å². The third-order valence-electron chi connectivity index (χ3n) is 1.49. The van der Waals surface area contributed by atoms with Gasteiger partial charge in [-0.2, -0.15) is 4.79 Å². The molecule has 1 rings (SSSR count). The molecule has 0 aliphatic heterocycles. The van der Waals surface area contributed by atoms with Crippen molar-refractivity contribution in [3.63, 3.8) is 0 Å². The maximum absolute atomic E-state index is 10.1. The van der Waals surface area contributed by atoms with Crippen molar-refractivity contribution in [3.05, 3.63) is 48.0 Å². The van der Waals surface area contributed by atoms with Crippen LogP contribution in [0.5, 0.6) is 0 Å². The molecule has 0 saturated heterocycles. The van der Waals surface area contributed by atoms with Gasteiger partial charge in [-0.15, -0.1) is 0 Å². The van der Waals surface area contributed by atoms with Crippen LogP contribution in [0, 0.1) is 0 Å². The van der Waals surface area contributed by atoms with Gasteiger partial charge in [-0.1, -0.05) is 50.4 Å². The molecule has 0 amide bonds. The van der Waals surface area contributed by atoms with Gasteiger partial charge < -0.3 is 10.3 Å². The molecule has 0 aromatic heterocycles. The normalized spacial score (nSPS) is 7.35. The molecule has 0 aliphatic carbocycles. The molecule has 4 heteroatoms. The van der Waals surface area contributed by atoms with E-state index in [2.05, 4.69) is 16.1 Å². The lowest BCUT2D eigenvalue weighted by molar-refractivity contribution is -0.138. The summed E-state index contributed by atoms with van der Waals surface area (Å²) >= 11 is 0. The molecule has 1 aromatic rings. The lowest BCUT2D eigenvalue weighted by atomic mass is 10.2. The molecular formula is C13H18N2O2. The Morgan fingerprint density at radius 3 is 2.41 bits per heavy atom. The monoisotopic (exact) mass is 234 g/mol. The van der Waals surface area contributed by atoms with Crippen LogP contribution < -0.4 is 0 Å². The number of ether oxygens (including phenoxy) is 1. The van der Waals surface area contributed by atoms with Crippen LogP contribution in [-0.4, -0.2) is 23.6 Å². The SMILES string of the molecule is C.C=Cc1ccccc1.CCOC(=O)C=[N+]=[N-]. The summed E-state index contributed by atoms with van der Waals surface area (Å²) in [6, 6.07) is 10.0. The van der Waals surface area contributed by atoms with Crippen LogP contribution in [0.15, 0.2) is 36.9 Å². The molecule has 0 bridgehead atoms. The van der Waals surface area contributed by atoms with Gasteiger partial charge in [0.1, 0.15) is 0 Å². The largest absolute Gasteiger partial charge is 0.458 e. The van der Waals surface area contributed by atoms with Crippen molar-refractivity contribution in [3.8, 4) is 0 Å². The fraction of sp³-hybridized carbons (Fsp3) is 0.231. The number of rotatable bonds is 3. The lowest BCUT2D eigenvalue weighted by Gasteiger charge is -1.86. The lowest BCUT2D eigenvalue weighted by Crippen LogP contribution is -2.04. The van der Waals surface area contributed by atoms with E-state index < -0.39 is 5.97 Å². The van der Waals surface area contributed by atoms with E-state index >= 15 is 0 Å². The smallest absolute Gasteiger partial charge is 0.413 e. The zero-order valence-electron chi connectivity index (χ0n) is 9.17. The second-order valence-electron chi connectivity index (χ2n) is 2.61. The van der Waals surface area contributed by atoms with E-state index in [1.807, 2.05) is 36.4 Å². The van der Waals surface area contributed by atoms with Crippen molar-refractivity contribution >= 4 is 18.3 Å². The molecule has 0 saturated carbocycles. The van der Waals surface area contributed by atoms with Gasteiger partial charge in [0.15, 0.2) is 0 Å². The van der Waals surface area contributed by atoms with Gasteiger partial charge in [0.25, 0.3) is 0 Å². The number of hydrogen-bond acceptors (Lipinski definition) is 2. The average molecular weight is 234 g/mol. The highest BCUT2D eigenvalue weighted by atomic mass is 16.5. The second-order valence-corrected chi connectivity index (χ2v) is 2.61. The molecular weight excluding hydrogens is 216 g/mol. The zero-order chi connectivity index (χ0) is 12.2. The maximum Gasteiger partial charge on any atom is 0.413 e. The average Bonchev–Trinajstić information content (AvgIpc) is 2.32. The van der Waals surface area contributed by atoms with Gasteiger partial charge in [0.2, 0.25) is 0 Å². The third kappa shape index (κ3) is 10.1. The Kier molecular flexibility index (Phi) is 12.0. The highest BCUT2D eigenvalue weighted by Gasteiger charge is 1.97. The summed E-state index contributed by atoms with van der Waals surface area (Å²) in [6.07, 6.45) is 2.53. The first-order chi connectivity index (χ1) is 7.74. The maximum atomic E-state index is 10.1. The highest BCUT2D eigenvalue weighted by molar-refractivity contribution is 6.20. The summed E-state index contributed by atoms with van der Waals surface area (Å²) in [5.74, 6) is -0.630. The van der Waals surface area contributed by atoms with Crippen molar-refractivity contribution < 1.29 is 14.3 Å². The van der Waals surface area contributed by atoms with Gasteiger partial charge in [-0.3, -0.25) is 0 Å². The predicted molar refractivity (Wildman–Crippen MR) is 69.6 cm³/mol. The van der Waals surface area contributed by atoms with Crippen molar-refractivity contribution in [2.75, 3.05) is 6.61 Å². The Bertz CT molecular complexity index is 368. The minimum Gasteiger partial charge on any atom is -0.458 e. The summed E-state index contributed by atoms with van der Waals surface area (Å²) in [5, 5.41) is 0. The van der Waals surface area contributed by atoms with Crippen molar-refractivity contribution in [1.82, 2.24) is 0 Å². The number of benzene rings is 1. The van der Waals surface area contributed by atoms with Crippen LogP contribution in [0.2, 0.25) is 0 Å². The third-order valence-corrected chi connectivity index (χ3v) is 1.49. The number of hydrogen-bond donors (Lipinski definition) is 0. The van der Waals surface area contributed by atoms with E-state index in [0.29, 0.717) is 12.8 Å². The molecule has 0 aliphatic rings. The summed E-state index contributed by atoms with van der Waals surface area (Å²) in [5.41, 5.74) is 8.91. The molecule has 4 nitrogen and oxygen atoms in total. The van der Waals surface area contributed by atoms with Crippen molar-refractivity contribution in [2.45, 2.75) is 14.4 Å². The Morgan fingerprint density at radius 1 is 1.47 bits per heavy atom. The fourth-order valence-corrected chi connectivity index (χ4v) is 0.816. The minimum absolute atomic E-state index is 0. The van der Waals surface area contributed by atoms with Crippen LogP contribution in [-0.2, 0) is 9.53 Å². The zero-order valence-corrected chi connectivity index (χ0v) is 9.17. The minimum atomic E-state index is -0.630. The van der Waals surface area contributed by atoms with Crippen LogP contribution >= 0.6 is 0 Å². The number of nitrogens with zero attached hydrogens (tertiary/aromatic N) is 2. The van der Waals surface area contributed by atoms with E-state index in [0.717, 1.165) is 0 Å². The molecule has 0 spiro atoms. The second kappa shape index (κ2) is 11.9. The van der Waals surface area contributed by atoms with E-state index in [-0.39, 0.29) is 7.43 Å². The Hall–Kier alpha value is -2.19. The standard InChI is InChI=1S/C8H8.C4H6N2O2.CH4/c1-2-8-6-4-3-5-7-8;1-2-8-4(7)3-6-5;/h2-7H,1H2;3H,2H2,1H3;1H4. The topological polar surface area (TPSA) is 62.7 Å². The van der Waals surface area contributed by atoms with Crippen LogP contribution in [0.1, 0.15) is 19.9 Å². The number of esters is 1. The molecule has 0 atom stereocenters. The van der Waals surface area contributed by atoms with Gasteiger partial charge >= 0.3 is 12.2 Å². The van der Waals surface area contributed by atoms with Gasteiger partial charge in [-0.25, -0.2) is 4.79 Å². The molecule has 17 heavy (non-hydrogen) atoms. The Morgan fingerprint density at radius 2 is 2.06 bits per heavy atom. The van der Waals surface area contributed by atoms with Crippen LogP contribution in [0.3, 0.4) is 0 Å². The van der Waals surface area contributed by atoms with E-state index in [1.165, 1.54) is 5.56 Å². The van der Waals surface area contributed by atoms with E-state index in [4.69, 9.17) is 5.53 Å². The molecule has 0 fully saturated rings. The highest BCUT2D eigenvalue weighted by Crippen LogP contribution is 1.97. The molecule has 1 aromatic carbocycles. The molecule has 0 radical (unpaired) electrons. The summed E-state index contributed by atoms with van der Waals surface area (Å²) in [6.45, 7) is 5.60.